The van der Waals surface area contributed by atoms with Crippen molar-refractivity contribution < 1.29 is 4.42 Å². The summed E-state index contributed by atoms with van der Waals surface area (Å²) in [7, 11) is 0. The predicted octanol–water partition coefficient (Wildman–Crippen LogP) is 1.65. The van der Waals surface area contributed by atoms with Crippen molar-refractivity contribution >= 4 is 0 Å². The van der Waals surface area contributed by atoms with Gasteiger partial charge in [-0.15, -0.1) is 0 Å². The van der Waals surface area contributed by atoms with Crippen LogP contribution in [0, 0.1) is 6.57 Å². The zero-order chi connectivity index (χ0) is 6.69. The summed E-state index contributed by atoms with van der Waals surface area (Å²) in [5.74, 6) is 0.630. The summed E-state index contributed by atoms with van der Waals surface area (Å²) in [5.41, 5.74) is 0. The monoisotopic (exact) mass is 122 g/mol. The normalized spacial score (nSPS) is 12.4. The van der Waals surface area contributed by atoms with Crippen LogP contribution in [0.3, 0.4) is 0 Å². The Kier molecular flexibility index (Phi) is 1.50. The standard InChI is InChI=1S/C6H6N2O/c1-5(7-2)6-3-8-4-9-6/h3-5H,1H3. The lowest BCUT2D eigenvalue weighted by atomic mass is 10.3. The molecule has 0 aliphatic heterocycles. The lowest BCUT2D eigenvalue weighted by molar-refractivity contribution is 0.493. The number of hydrogen-bond acceptors (Lipinski definition) is 2. The van der Waals surface area contributed by atoms with E-state index in [2.05, 4.69) is 9.83 Å². The first-order chi connectivity index (χ1) is 4.34. The van der Waals surface area contributed by atoms with Gasteiger partial charge in [-0.1, -0.05) is 0 Å². The summed E-state index contributed by atoms with van der Waals surface area (Å²) >= 11 is 0. The van der Waals surface area contributed by atoms with Crippen LogP contribution in [0.15, 0.2) is 17.0 Å². The van der Waals surface area contributed by atoms with E-state index in [1.165, 1.54) is 6.39 Å². The maximum Gasteiger partial charge on any atom is 0.279 e. The van der Waals surface area contributed by atoms with Gasteiger partial charge >= 0.3 is 0 Å². The highest BCUT2D eigenvalue weighted by atomic mass is 16.3. The quantitative estimate of drug-likeness (QED) is 0.530. The number of oxazole rings is 1. The van der Waals surface area contributed by atoms with Crippen LogP contribution in [0.4, 0.5) is 0 Å². The first-order valence-corrected chi connectivity index (χ1v) is 2.59. The van der Waals surface area contributed by atoms with Crippen LogP contribution in [0.1, 0.15) is 18.7 Å². The zero-order valence-electron chi connectivity index (χ0n) is 5.03. The second kappa shape index (κ2) is 2.31. The van der Waals surface area contributed by atoms with Crippen molar-refractivity contribution in [1.29, 1.82) is 0 Å². The summed E-state index contributed by atoms with van der Waals surface area (Å²) in [5, 5.41) is 0. The summed E-state index contributed by atoms with van der Waals surface area (Å²) in [6.07, 6.45) is 2.89. The molecule has 0 saturated carbocycles. The summed E-state index contributed by atoms with van der Waals surface area (Å²) < 4.78 is 4.86. The van der Waals surface area contributed by atoms with Crippen molar-refractivity contribution in [3.63, 3.8) is 0 Å². The highest BCUT2D eigenvalue weighted by Gasteiger charge is 2.10. The van der Waals surface area contributed by atoms with E-state index >= 15 is 0 Å². The molecule has 0 aliphatic rings. The Hall–Kier alpha value is -1.30. The average Bonchev–Trinajstić information content (AvgIpc) is 2.37. The molecule has 0 saturated heterocycles. The molecule has 0 spiro atoms. The van der Waals surface area contributed by atoms with Gasteiger partial charge in [0.15, 0.2) is 6.39 Å². The molecule has 0 amide bonds. The molecule has 1 heterocycles. The van der Waals surface area contributed by atoms with E-state index in [1.807, 2.05) is 0 Å². The summed E-state index contributed by atoms with van der Waals surface area (Å²) in [6, 6.07) is -0.201. The lowest BCUT2D eigenvalue weighted by Gasteiger charge is -1.87. The lowest BCUT2D eigenvalue weighted by Crippen LogP contribution is -1.80. The summed E-state index contributed by atoms with van der Waals surface area (Å²) in [6.45, 7) is 8.39. The molecule has 1 aromatic heterocycles. The number of rotatable bonds is 1. The molecule has 9 heavy (non-hydrogen) atoms. The highest BCUT2D eigenvalue weighted by Crippen LogP contribution is 2.13. The number of hydrogen-bond donors (Lipinski definition) is 0. The molecule has 1 atom stereocenters. The second-order valence-corrected chi connectivity index (χ2v) is 1.71. The van der Waals surface area contributed by atoms with Gasteiger partial charge in [0, 0.05) is 6.92 Å². The Balaban J connectivity index is 2.80. The van der Waals surface area contributed by atoms with Crippen LogP contribution >= 0.6 is 0 Å². The highest BCUT2D eigenvalue weighted by molar-refractivity contribution is 5.00. The minimum absolute atomic E-state index is 0.201. The minimum Gasteiger partial charge on any atom is -0.440 e. The molecular weight excluding hydrogens is 116 g/mol. The predicted molar refractivity (Wildman–Crippen MR) is 31.5 cm³/mol. The average molecular weight is 122 g/mol. The molecule has 0 radical (unpaired) electrons. The largest absolute Gasteiger partial charge is 0.440 e. The SMILES string of the molecule is [C-]#[N+]C(C)c1cnco1. The van der Waals surface area contributed by atoms with Crippen molar-refractivity contribution in [2.45, 2.75) is 13.0 Å². The van der Waals surface area contributed by atoms with Gasteiger partial charge < -0.3 is 9.26 Å². The first kappa shape index (κ1) is 5.83. The molecule has 0 N–H and O–H groups in total. The maximum absolute atomic E-state index is 6.62. The fourth-order valence-electron chi connectivity index (χ4n) is 0.496. The van der Waals surface area contributed by atoms with Crippen LogP contribution < -0.4 is 0 Å². The third-order valence-corrected chi connectivity index (χ3v) is 1.06. The topological polar surface area (TPSA) is 30.4 Å². The second-order valence-electron chi connectivity index (χ2n) is 1.71. The third kappa shape index (κ3) is 1.08. The zero-order valence-corrected chi connectivity index (χ0v) is 5.03. The molecule has 1 unspecified atom stereocenters. The Morgan fingerprint density at radius 3 is 3.11 bits per heavy atom. The first-order valence-electron chi connectivity index (χ1n) is 2.59. The van der Waals surface area contributed by atoms with Crippen LogP contribution in [0.2, 0.25) is 0 Å². The van der Waals surface area contributed by atoms with E-state index in [0.717, 1.165) is 0 Å². The van der Waals surface area contributed by atoms with Gasteiger partial charge in [-0.25, -0.2) is 11.6 Å². The number of aromatic nitrogens is 1. The maximum atomic E-state index is 6.62. The molecule has 3 heteroatoms. The fraction of sp³-hybridized carbons (Fsp3) is 0.333. The molecular formula is C6H6N2O. The van der Waals surface area contributed by atoms with Gasteiger partial charge in [-0.2, -0.15) is 0 Å². The fourth-order valence-corrected chi connectivity index (χ4v) is 0.496. The number of nitrogens with zero attached hydrogens (tertiary/aromatic N) is 2. The Morgan fingerprint density at radius 1 is 1.89 bits per heavy atom. The molecule has 3 nitrogen and oxygen atoms in total. The van der Waals surface area contributed by atoms with Crippen LogP contribution in [0.25, 0.3) is 4.85 Å². The molecule has 1 rings (SSSR count). The van der Waals surface area contributed by atoms with Gasteiger partial charge in [-0.05, 0) is 0 Å². The molecule has 46 valence electrons. The van der Waals surface area contributed by atoms with Crippen LogP contribution in [-0.2, 0) is 0 Å². The van der Waals surface area contributed by atoms with Crippen LogP contribution in [0.5, 0.6) is 0 Å². The van der Waals surface area contributed by atoms with Crippen molar-refractivity contribution in [3.05, 3.63) is 29.8 Å². The Labute approximate surface area is 53.1 Å². The van der Waals surface area contributed by atoms with Gasteiger partial charge in [0.2, 0.25) is 5.76 Å². The third-order valence-electron chi connectivity index (χ3n) is 1.06. The molecule has 0 fully saturated rings. The smallest absolute Gasteiger partial charge is 0.279 e. The Bertz CT molecular complexity index is 209. The molecule has 0 aliphatic carbocycles. The van der Waals surface area contributed by atoms with Crippen molar-refractivity contribution in [3.8, 4) is 0 Å². The van der Waals surface area contributed by atoms with Crippen LogP contribution in [-0.4, -0.2) is 4.98 Å². The summed E-state index contributed by atoms with van der Waals surface area (Å²) in [4.78, 5) is 6.93. The molecule has 1 aromatic rings. The van der Waals surface area contributed by atoms with E-state index in [9.17, 15) is 0 Å². The van der Waals surface area contributed by atoms with Gasteiger partial charge in [-0.3, -0.25) is 0 Å². The van der Waals surface area contributed by atoms with E-state index in [4.69, 9.17) is 11.0 Å². The van der Waals surface area contributed by atoms with E-state index in [1.54, 1.807) is 13.1 Å². The van der Waals surface area contributed by atoms with Crippen molar-refractivity contribution in [2.24, 2.45) is 0 Å². The minimum atomic E-state index is -0.201. The van der Waals surface area contributed by atoms with E-state index < -0.39 is 0 Å². The van der Waals surface area contributed by atoms with E-state index in [-0.39, 0.29) is 6.04 Å². The molecule has 0 aromatic carbocycles. The Morgan fingerprint density at radius 2 is 2.67 bits per heavy atom. The van der Waals surface area contributed by atoms with Gasteiger partial charge in [0.1, 0.15) is 0 Å². The molecule has 0 bridgehead atoms. The van der Waals surface area contributed by atoms with Gasteiger partial charge in [0.05, 0.1) is 6.20 Å². The van der Waals surface area contributed by atoms with Crippen molar-refractivity contribution in [1.82, 2.24) is 4.98 Å². The van der Waals surface area contributed by atoms with E-state index in [0.29, 0.717) is 5.76 Å². The van der Waals surface area contributed by atoms with Gasteiger partial charge in [0.25, 0.3) is 6.04 Å². The van der Waals surface area contributed by atoms with Crippen molar-refractivity contribution in [2.75, 3.05) is 0 Å².